The van der Waals surface area contributed by atoms with Crippen molar-refractivity contribution < 1.29 is 17.9 Å². The summed E-state index contributed by atoms with van der Waals surface area (Å²) in [6, 6.07) is 11.6. The maximum absolute atomic E-state index is 12.9. The van der Waals surface area contributed by atoms with Gasteiger partial charge in [0.1, 0.15) is 5.75 Å². The third kappa shape index (κ3) is 5.10. The number of piperidine rings is 1. The number of hydrogen-bond acceptors (Lipinski definition) is 4. The fourth-order valence-electron chi connectivity index (χ4n) is 3.41. The smallest absolute Gasteiger partial charge is 0.257 e. The van der Waals surface area contributed by atoms with E-state index in [1.165, 1.54) is 7.11 Å². The summed E-state index contributed by atoms with van der Waals surface area (Å²) in [4.78, 5) is 14.8. The first-order chi connectivity index (χ1) is 13.8. The Morgan fingerprint density at radius 3 is 2.41 bits per heavy atom. The Kier molecular flexibility index (Phi) is 6.82. The van der Waals surface area contributed by atoms with Gasteiger partial charge < -0.3 is 9.64 Å². The molecule has 2 aromatic carbocycles. The molecule has 0 aromatic heterocycles. The fraction of sp³-hybridized carbons (Fsp3) is 0.381. The highest BCUT2D eigenvalue weighted by Gasteiger charge is 2.28. The quantitative estimate of drug-likeness (QED) is 0.752. The van der Waals surface area contributed by atoms with Gasteiger partial charge in [-0.3, -0.25) is 4.79 Å². The van der Waals surface area contributed by atoms with Crippen LogP contribution in [0.5, 0.6) is 5.75 Å². The van der Waals surface area contributed by atoms with Crippen molar-refractivity contribution in [1.82, 2.24) is 9.62 Å². The van der Waals surface area contributed by atoms with Gasteiger partial charge in [-0.2, -0.15) is 0 Å². The van der Waals surface area contributed by atoms with E-state index in [4.69, 9.17) is 16.3 Å². The monoisotopic (exact) mass is 436 g/mol. The molecule has 0 saturated carbocycles. The van der Waals surface area contributed by atoms with E-state index in [1.54, 1.807) is 35.2 Å². The first-order valence-corrected chi connectivity index (χ1v) is 11.4. The Bertz CT molecular complexity index is 969. The molecule has 0 unspecified atom stereocenters. The number of nitrogens with zero attached hydrogens (tertiary/aromatic N) is 1. The van der Waals surface area contributed by atoms with Gasteiger partial charge in [-0.25, -0.2) is 13.1 Å². The first-order valence-electron chi connectivity index (χ1n) is 9.58. The van der Waals surface area contributed by atoms with Crippen molar-refractivity contribution >= 4 is 27.5 Å². The summed E-state index contributed by atoms with van der Waals surface area (Å²) in [6.45, 7) is 2.93. The number of sulfonamides is 1. The van der Waals surface area contributed by atoms with Gasteiger partial charge in [0.2, 0.25) is 10.0 Å². The third-order valence-corrected chi connectivity index (χ3v) is 6.91. The van der Waals surface area contributed by atoms with E-state index in [-0.39, 0.29) is 16.8 Å². The number of carbonyl (C=O) groups is 1. The standard InChI is InChI=1S/C21H25ClN2O4S/c1-3-15-4-7-18(8-5-15)29(26,27)23-17-10-12-24(13-11-17)21(25)19-14-16(22)6-9-20(19)28-2/h4-9,14,17,23H,3,10-13H2,1-2H3. The molecule has 2 aromatic rings. The molecule has 1 saturated heterocycles. The summed E-state index contributed by atoms with van der Waals surface area (Å²) in [5, 5.41) is 0.464. The van der Waals surface area contributed by atoms with Crippen LogP contribution in [0.4, 0.5) is 0 Å². The Morgan fingerprint density at radius 1 is 1.17 bits per heavy atom. The molecule has 1 N–H and O–H groups in total. The molecule has 8 heteroatoms. The highest BCUT2D eigenvalue weighted by atomic mass is 35.5. The molecule has 3 rings (SSSR count). The van der Waals surface area contributed by atoms with Gasteiger partial charge in [-0.15, -0.1) is 0 Å². The van der Waals surface area contributed by atoms with E-state index in [0.29, 0.717) is 42.3 Å². The van der Waals surface area contributed by atoms with Crippen molar-refractivity contribution in [3.63, 3.8) is 0 Å². The average Bonchev–Trinajstić information content (AvgIpc) is 2.73. The van der Waals surface area contributed by atoms with Crippen molar-refractivity contribution in [3.8, 4) is 5.75 Å². The van der Waals surface area contributed by atoms with Crippen LogP contribution >= 0.6 is 11.6 Å². The Hall–Kier alpha value is -2.09. The minimum absolute atomic E-state index is 0.166. The second kappa shape index (κ2) is 9.15. The van der Waals surface area contributed by atoms with Crippen LogP contribution in [0.15, 0.2) is 47.4 Å². The molecule has 0 aliphatic carbocycles. The minimum atomic E-state index is -3.58. The Labute approximate surface area is 176 Å². The number of carbonyl (C=O) groups excluding carboxylic acids is 1. The second-order valence-corrected chi connectivity index (χ2v) is 9.18. The zero-order chi connectivity index (χ0) is 21.0. The number of ether oxygens (including phenoxy) is 1. The van der Waals surface area contributed by atoms with Gasteiger partial charge in [0.15, 0.2) is 0 Å². The second-order valence-electron chi connectivity index (χ2n) is 7.03. The van der Waals surface area contributed by atoms with E-state index in [9.17, 15) is 13.2 Å². The molecule has 1 fully saturated rings. The van der Waals surface area contributed by atoms with E-state index in [1.807, 2.05) is 19.1 Å². The summed E-state index contributed by atoms with van der Waals surface area (Å²) in [6.07, 6.45) is 1.94. The van der Waals surface area contributed by atoms with E-state index in [0.717, 1.165) is 12.0 Å². The van der Waals surface area contributed by atoms with Gasteiger partial charge >= 0.3 is 0 Å². The van der Waals surface area contributed by atoms with Crippen LogP contribution in [0.25, 0.3) is 0 Å². The molecule has 1 aliphatic heterocycles. The lowest BCUT2D eigenvalue weighted by atomic mass is 10.0. The van der Waals surface area contributed by atoms with Crippen LogP contribution in [0.3, 0.4) is 0 Å². The lowest BCUT2D eigenvalue weighted by Gasteiger charge is -2.32. The summed E-state index contributed by atoms with van der Waals surface area (Å²) in [5.74, 6) is 0.304. The van der Waals surface area contributed by atoms with E-state index in [2.05, 4.69) is 4.72 Å². The number of aryl methyl sites for hydroxylation is 1. The minimum Gasteiger partial charge on any atom is -0.496 e. The van der Waals surface area contributed by atoms with Crippen molar-refractivity contribution in [2.45, 2.75) is 37.1 Å². The highest BCUT2D eigenvalue weighted by Crippen LogP contribution is 2.25. The number of nitrogens with one attached hydrogen (secondary N) is 1. The van der Waals surface area contributed by atoms with Crippen molar-refractivity contribution in [1.29, 1.82) is 0 Å². The number of likely N-dealkylation sites (tertiary alicyclic amines) is 1. The summed E-state index contributed by atoms with van der Waals surface area (Å²) >= 11 is 6.03. The predicted octanol–water partition coefficient (Wildman–Crippen LogP) is 3.49. The molecular weight excluding hydrogens is 412 g/mol. The van der Waals surface area contributed by atoms with Crippen LogP contribution in [0.2, 0.25) is 5.02 Å². The predicted molar refractivity (Wildman–Crippen MR) is 113 cm³/mol. The lowest BCUT2D eigenvalue weighted by Crippen LogP contribution is -2.46. The summed E-state index contributed by atoms with van der Waals surface area (Å²) < 4.78 is 33.3. The number of hydrogen-bond donors (Lipinski definition) is 1. The van der Waals surface area contributed by atoms with Gasteiger partial charge in [-0.05, 0) is 55.2 Å². The van der Waals surface area contributed by atoms with Crippen molar-refractivity contribution in [2.24, 2.45) is 0 Å². The van der Waals surface area contributed by atoms with Crippen LogP contribution in [0.1, 0.15) is 35.7 Å². The molecule has 156 valence electrons. The molecule has 0 atom stereocenters. The number of amides is 1. The zero-order valence-electron chi connectivity index (χ0n) is 16.5. The summed E-state index contributed by atoms with van der Waals surface area (Å²) in [7, 11) is -2.07. The average molecular weight is 437 g/mol. The molecule has 29 heavy (non-hydrogen) atoms. The molecular formula is C21H25ClN2O4S. The maximum atomic E-state index is 12.9. The molecule has 0 radical (unpaired) electrons. The topological polar surface area (TPSA) is 75.7 Å². The van der Waals surface area contributed by atoms with Gasteiger partial charge in [-0.1, -0.05) is 30.7 Å². The first kappa shape index (κ1) is 21.6. The van der Waals surface area contributed by atoms with Gasteiger partial charge in [0.25, 0.3) is 5.91 Å². The fourth-order valence-corrected chi connectivity index (χ4v) is 4.89. The van der Waals surface area contributed by atoms with Crippen LogP contribution in [0, 0.1) is 0 Å². The highest BCUT2D eigenvalue weighted by molar-refractivity contribution is 7.89. The molecule has 0 bridgehead atoms. The van der Waals surface area contributed by atoms with Crippen molar-refractivity contribution in [3.05, 3.63) is 58.6 Å². The molecule has 1 aliphatic rings. The third-order valence-electron chi connectivity index (χ3n) is 5.14. The number of rotatable bonds is 6. The van der Waals surface area contributed by atoms with E-state index < -0.39 is 10.0 Å². The number of benzene rings is 2. The molecule has 1 amide bonds. The largest absolute Gasteiger partial charge is 0.496 e. The van der Waals surface area contributed by atoms with E-state index >= 15 is 0 Å². The molecule has 1 heterocycles. The van der Waals surface area contributed by atoms with Crippen LogP contribution in [-0.2, 0) is 16.4 Å². The molecule has 6 nitrogen and oxygen atoms in total. The maximum Gasteiger partial charge on any atom is 0.257 e. The Balaban J connectivity index is 1.63. The SMILES string of the molecule is CCc1ccc(S(=O)(=O)NC2CCN(C(=O)c3cc(Cl)ccc3OC)CC2)cc1. The van der Waals surface area contributed by atoms with Gasteiger partial charge in [0, 0.05) is 24.2 Å². The van der Waals surface area contributed by atoms with Crippen molar-refractivity contribution in [2.75, 3.05) is 20.2 Å². The normalized spacial score (nSPS) is 15.3. The molecule has 0 spiro atoms. The number of methoxy groups -OCH3 is 1. The van der Waals surface area contributed by atoms with Gasteiger partial charge in [0.05, 0.1) is 17.6 Å². The summed E-state index contributed by atoms with van der Waals surface area (Å²) in [5.41, 5.74) is 1.50. The number of halogens is 1. The Morgan fingerprint density at radius 2 is 1.83 bits per heavy atom. The van der Waals surface area contributed by atoms with Crippen LogP contribution in [-0.4, -0.2) is 45.5 Å². The van der Waals surface area contributed by atoms with Crippen LogP contribution < -0.4 is 9.46 Å². The lowest BCUT2D eigenvalue weighted by molar-refractivity contribution is 0.0708. The zero-order valence-corrected chi connectivity index (χ0v) is 18.1.